The number of aliphatic hydroxyl groups is 5. The minimum Gasteiger partial charge on any atom is -0.394 e. The molecule has 0 bridgehead atoms. The molecule has 1 rings (SSSR count). The molecule has 9 heteroatoms. The van der Waals surface area contributed by atoms with Gasteiger partial charge in [0, 0.05) is 6.42 Å². The molecular weight excluding hydrogens is 935 g/mol. The third-order valence-electron chi connectivity index (χ3n) is 13.3. The molecule has 0 saturated carbocycles. The van der Waals surface area contributed by atoms with Gasteiger partial charge in [-0.25, -0.2) is 0 Å². The number of allylic oxidation sites excluding steroid dienone is 22. The van der Waals surface area contributed by atoms with E-state index in [0.29, 0.717) is 12.8 Å². The number of carbonyl (C=O) groups is 1. The predicted molar refractivity (Wildman–Crippen MR) is 317 cm³/mol. The van der Waals surface area contributed by atoms with E-state index in [1.807, 2.05) is 0 Å². The second-order valence-electron chi connectivity index (χ2n) is 20.1. The largest absolute Gasteiger partial charge is 0.394 e. The molecule has 426 valence electrons. The highest BCUT2D eigenvalue weighted by atomic mass is 16.7. The highest BCUT2D eigenvalue weighted by molar-refractivity contribution is 5.76. The van der Waals surface area contributed by atoms with Crippen LogP contribution in [-0.2, 0) is 14.3 Å². The Balaban J connectivity index is 2.13. The molecule has 6 N–H and O–H groups in total. The summed E-state index contributed by atoms with van der Waals surface area (Å²) in [6.45, 7) is 3.69. The van der Waals surface area contributed by atoms with Gasteiger partial charge < -0.3 is 40.3 Å². The van der Waals surface area contributed by atoms with Gasteiger partial charge in [-0.1, -0.05) is 250 Å². The summed E-state index contributed by atoms with van der Waals surface area (Å²) in [5.74, 6) is -0.162. The fraction of sp³-hybridized carbons (Fsp3) is 0.652. The summed E-state index contributed by atoms with van der Waals surface area (Å²) in [5, 5.41) is 54.5. The van der Waals surface area contributed by atoms with Crippen LogP contribution in [0.15, 0.2) is 134 Å². The number of hydrogen-bond donors (Lipinski definition) is 6. The average Bonchev–Trinajstić information content (AvgIpc) is 3.41. The zero-order valence-electron chi connectivity index (χ0n) is 47.2. The first kappa shape index (κ1) is 69.3. The number of amides is 1. The standard InChI is InChI=1S/C66H109NO8/c1-3-5-7-9-11-13-15-16-17-18-19-20-21-22-23-24-25-26-27-28-29-30-31-32-33-34-35-36-37-38-39-40-41-42-43-44-46-48-50-52-54-56-62(70)67-59(58-74-66-65(73)64(72)63(71)61(57-68)75-66)60(69)55-53-51-49-47-45-14-12-10-8-6-4-2/h5,7,11,13,16-17,19-20,22-23,25-26,28-29,31-32,34-35,37-38,40-41,59-61,63-66,68-69,71-73H,3-4,6,8-10,12,14-15,18,21,24,27,30,33,36,39,42-58H2,1-2H3,(H,67,70)/b7-5-,13-11-,17-16-,20-19-,23-22-,26-25-,29-28-,32-31-,35-34-,38-37-,41-40-. The zero-order valence-corrected chi connectivity index (χ0v) is 47.2. The molecule has 1 heterocycles. The summed E-state index contributed by atoms with van der Waals surface area (Å²) >= 11 is 0. The summed E-state index contributed by atoms with van der Waals surface area (Å²) in [7, 11) is 0. The van der Waals surface area contributed by atoms with Crippen LogP contribution < -0.4 is 5.32 Å². The molecule has 1 fully saturated rings. The van der Waals surface area contributed by atoms with E-state index in [4.69, 9.17) is 9.47 Å². The smallest absolute Gasteiger partial charge is 0.220 e. The van der Waals surface area contributed by atoms with E-state index in [2.05, 4.69) is 153 Å². The topological polar surface area (TPSA) is 149 Å². The Bertz CT molecular complexity index is 1640. The van der Waals surface area contributed by atoms with Crippen LogP contribution in [0.4, 0.5) is 0 Å². The van der Waals surface area contributed by atoms with Gasteiger partial charge in [0.2, 0.25) is 5.91 Å². The third kappa shape index (κ3) is 43.1. The maximum absolute atomic E-state index is 13.0. The normalized spacial score (nSPS) is 19.9. The van der Waals surface area contributed by atoms with E-state index < -0.39 is 49.5 Å². The molecule has 7 atom stereocenters. The SMILES string of the molecule is CC/C=C\C/C=C\C/C=C\C/C=C\C/C=C\C/C=C\C/C=C\C/C=C\C/C=C\C/C=C\C/C=C\CCCCCCCCCC(=O)NC(COC1OC(CO)C(O)C(O)C1O)C(O)CCCCCCCCCCCCC. The molecule has 1 amide bonds. The summed E-state index contributed by atoms with van der Waals surface area (Å²) in [6, 6.07) is -0.733. The van der Waals surface area contributed by atoms with Gasteiger partial charge in [0.15, 0.2) is 6.29 Å². The molecule has 0 aromatic carbocycles. The lowest BCUT2D eigenvalue weighted by Gasteiger charge is -2.40. The van der Waals surface area contributed by atoms with Crippen molar-refractivity contribution in [2.45, 2.75) is 262 Å². The lowest BCUT2D eigenvalue weighted by molar-refractivity contribution is -0.302. The number of carbonyl (C=O) groups excluding carboxylic acids is 1. The first-order valence-corrected chi connectivity index (χ1v) is 29.9. The van der Waals surface area contributed by atoms with Crippen LogP contribution in [0.1, 0.15) is 219 Å². The highest BCUT2D eigenvalue weighted by Crippen LogP contribution is 2.23. The van der Waals surface area contributed by atoms with Gasteiger partial charge in [0.25, 0.3) is 0 Å². The first-order chi connectivity index (χ1) is 36.8. The summed E-state index contributed by atoms with van der Waals surface area (Å²) in [6.07, 6.45) is 74.9. The van der Waals surface area contributed by atoms with E-state index in [1.165, 1.54) is 70.6 Å². The molecule has 1 saturated heterocycles. The van der Waals surface area contributed by atoms with Crippen LogP contribution in [0, 0.1) is 0 Å². The van der Waals surface area contributed by atoms with Crippen LogP contribution in [0.5, 0.6) is 0 Å². The lowest BCUT2D eigenvalue weighted by Crippen LogP contribution is -2.60. The molecule has 9 nitrogen and oxygen atoms in total. The molecule has 0 aromatic heterocycles. The Morgan fingerprint density at radius 3 is 1.23 bits per heavy atom. The number of hydrogen-bond acceptors (Lipinski definition) is 8. The Morgan fingerprint density at radius 2 is 0.827 bits per heavy atom. The number of unbranched alkanes of at least 4 members (excludes halogenated alkanes) is 17. The van der Waals surface area contributed by atoms with Gasteiger partial charge in [-0.05, 0) is 96.3 Å². The molecule has 0 aliphatic carbocycles. The maximum atomic E-state index is 13.0. The first-order valence-electron chi connectivity index (χ1n) is 29.9. The monoisotopic (exact) mass is 1040 g/mol. The maximum Gasteiger partial charge on any atom is 0.220 e. The van der Waals surface area contributed by atoms with Gasteiger partial charge in [0.1, 0.15) is 24.4 Å². The molecule has 0 radical (unpaired) electrons. The fourth-order valence-electron chi connectivity index (χ4n) is 8.58. The van der Waals surface area contributed by atoms with Gasteiger partial charge in [-0.2, -0.15) is 0 Å². The minimum atomic E-state index is -1.56. The molecule has 1 aliphatic heterocycles. The van der Waals surface area contributed by atoms with Gasteiger partial charge in [-0.15, -0.1) is 0 Å². The molecule has 1 aliphatic rings. The van der Waals surface area contributed by atoms with E-state index in [0.717, 1.165) is 122 Å². The van der Waals surface area contributed by atoms with E-state index in [9.17, 15) is 30.3 Å². The van der Waals surface area contributed by atoms with E-state index >= 15 is 0 Å². The Kier molecular flexibility index (Phi) is 49.7. The number of nitrogens with one attached hydrogen (secondary N) is 1. The minimum absolute atomic E-state index is 0.150. The van der Waals surface area contributed by atoms with Crippen molar-refractivity contribution in [3.8, 4) is 0 Å². The van der Waals surface area contributed by atoms with Crippen molar-refractivity contribution < 1.29 is 39.8 Å². The molecule has 0 spiro atoms. The van der Waals surface area contributed by atoms with Crippen LogP contribution in [0.3, 0.4) is 0 Å². The van der Waals surface area contributed by atoms with Crippen LogP contribution in [-0.4, -0.2) is 87.5 Å². The number of ether oxygens (including phenoxy) is 2. The van der Waals surface area contributed by atoms with Crippen molar-refractivity contribution in [1.29, 1.82) is 0 Å². The number of aliphatic hydroxyl groups excluding tert-OH is 5. The van der Waals surface area contributed by atoms with Gasteiger partial charge in [0.05, 0.1) is 25.4 Å². The second kappa shape index (κ2) is 53.7. The summed E-state index contributed by atoms with van der Waals surface area (Å²) in [4.78, 5) is 13.0. The average molecular weight is 1040 g/mol. The van der Waals surface area contributed by atoms with Crippen molar-refractivity contribution >= 4 is 5.91 Å². The highest BCUT2D eigenvalue weighted by Gasteiger charge is 2.44. The van der Waals surface area contributed by atoms with Gasteiger partial charge in [-0.3, -0.25) is 4.79 Å². The van der Waals surface area contributed by atoms with Crippen molar-refractivity contribution in [2.24, 2.45) is 0 Å². The van der Waals surface area contributed by atoms with Crippen molar-refractivity contribution in [2.75, 3.05) is 13.2 Å². The zero-order chi connectivity index (χ0) is 54.3. The molecule has 7 unspecified atom stereocenters. The van der Waals surface area contributed by atoms with Crippen molar-refractivity contribution in [3.63, 3.8) is 0 Å². The van der Waals surface area contributed by atoms with Crippen LogP contribution >= 0.6 is 0 Å². The molecule has 75 heavy (non-hydrogen) atoms. The van der Waals surface area contributed by atoms with Crippen molar-refractivity contribution in [3.05, 3.63) is 134 Å². The Hall–Kier alpha value is -3.67. The van der Waals surface area contributed by atoms with Crippen LogP contribution in [0.25, 0.3) is 0 Å². The molecule has 0 aromatic rings. The quantitative estimate of drug-likeness (QED) is 0.0261. The Labute approximate surface area is 458 Å². The second-order valence-corrected chi connectivity index (χ2v) is 20.1. The van der Waals surface area contributed by atoms with Crippen LogP contribution in [0.2, 0.25) is 0 Å². The molecular formula is C66H109NO8. The predicted octanol–water partition coefficient (Wildman–Crippen LogP) is 15.3. The lowest BCUT2D eigenvalue weighted by atomic mass is 9.99. The fourth-order valence-corrected chi connectivity index (χ4v) is 8.58. The number of rotatable bonds is 49. The van der Waals surface area contributed by atoms with E-state index in [1.54, 1.807) is 0 Å². The summed E-state index contributed by atoms with van der Waals surface area (Å²) in [5.41, 5.74) is 0. The van der Waals surface area contributed by atoms with E-state index in [-0.39, 0.29) is 12.5 Å². The Morgan fingerprint density at radius 1 is 0.467 bits per heavy atom. The van der Waals surface area contributed by atoms with Gasteiger partial charge >= 0.3 is 0 Å². The van der Waals surface area contributed by atoms with Crippen molar-refractivity contribution in [1.82, 2.24) is 5.32 Å². The summed E-state index contributed by atoms with van der Waals surface area (Å²) < 4.78 is 11.3. The third-order valence-corrected chi connectivity index (χ3v) is 13.3.